The molecule has 2 aliphatic rings. The van der Waals surface area contributed by atoms with Crippen LogP contribution >= 0.6 is 0 Å². The van der Waals surface area contributed by atoms with Gasteiger partial charge < -0.3 is 31.3 Å². The van der Waals surface area contributed by atoms with Crippen LogP contribution in [0.5, 0.6) is 5.75 Å². The zero-order chi connectivity index (χ0) is 43.2. The molecule has 2 atom stereocenters. The van der Waals surface area contributed by atoms with Gasteiger partial charge in [-0.2, -0.15) is 0 Å². The molecular weight excluding hydrogens is 783 g/mol. The van der Waals surface area contributed by atoms with E-state index in [1.54, 1.807) is 57.6 Å². The number of methoxy groups -OCH3 is 1. The summed E-state index contributed by atoms with van der Waals surface area (Å²) in [7, 11) is 3.11. The largest absolute Gasteiger partial charge is 0.496 e. The van der Waals surface area contributed by atoms with Crippen LogP contribution in [-0.2, 0) is 14.4 Å². The molecule has 6 N–H and O–H groups in total. The van der Waals surface area contributed by atoms with E-state index in [1.165, 1.54) is 12.3 Å². The SMILES string of the molecule is CNC(=O)c1cnc2cc(OC)c(-c3ccc(C(=O)NCCCCNC(=O)[C@@H](C)Nc4cccc5c4C(=O)N(C4CCC(=O)NC4=O)C5=O)nc3)cc2c1Nc1ccccc1. The molecule has 61 heavy (non-hydrogen) atoms. The van der Waals surface area contributed by atoms with Gasteiger partial charge in [0.2, 0.25) is 17.7 Å². The average Bonchev–Trinajstić information content (AvgIpc) is 3.53. The Labute approximate surface area is 350 Å². The summed E-state index contributed by atoms with van der Waals surface area (Å²) in [5.41, 5.74) is 4.33. The molecule has 5 aromatic rings. The Balaban J connectivity index is 0.917. The van der Waals surface area contributed by atoms with Crippen LogP contribution in [0.2, 0.25) is 0 Å². The summed E-state index contributed by atoms with van der Waals surface area (Å²) < 4.78 is 5.71. The fourth-order valence-electron chi connectivity index (χ4n) is 7.25. The highest BCUT2D eigenvalue weighted by Gasteiger charge is 2.45. The first-order chi connectivity index (χ1) is 29.5. The number of carbonyl (C=O) groups is 7. The zero-order valence-corrected chi connectivity index (χ0v) is 33.6. The van der Waals surface area contributed by atoms with Crippen molar-refractivity contribution in [3.05, 3.63) is 108 Å². The predicted octanol–water partition coefficient (Wildman–Crippen LogP) is 3.94. The van der Waals surface area contributed by atoms with E-state index in [1.807, 2.05) is 36.4 Å². The summed E-state index contributed by atoms with van der Waals surface area (Å²) in [4.78, 5) is 99.3. The summed E-state index contributed by atoms with van der Waals surface area (Å²) >= 11 is 0. The van der Waals surface area contributed by atoms with Crippen molar-refractivity contribution in [1.82, 2.24) is 36.1 Å². The summed E-state index contributed by atoms with van der Waals surface area (Å²) in [5.74, 6) is -2.97. The van der Waals surface area contributed by atoms with E-state index in [0.717, 1.165) is 10.6 Å². The fourth-order valence-corrected chi connectivity index (χ4v) is 7.25. The number of ether oxygens (including phenoxy) is 1. The molecule has 0 saturated carbocycles. The van der Waals surface area contributed by atoms with Gasteiger partial charge in [0.1, 0.15) is 23.5 Å². The molecule has 0 aliphatic carbocycles. The molecule has 0 bridgehead atoms. The molecule has 0 spiro atoms. The molecule has 0 radical (unpaired) electrons. The first-order valence-electron chi connectivity index (χ1n) is 19.7. The number of para-hydroxylation sites is 1. The van der Waals surface area contributed by atoms with Crippen LogP contribution in [0.1, 0.15) is 74.2 Å². The van der Waals surface area contributed by atoms with Gasteiger partial charge in [0.15, 0.2) is 0 Å². The summed E-state index contributed by atoms with van der Waals surface area (Å²) in [5, 5.41) is 17.6. The number of rotatable bonds is 15. The van der Waals surface area contributed by atoms with E-state index in [4.69, 9.17) is 4.74 Å². The Kier molecular flexibility index (Phi) is 12.3. The fraction of sp³-hybridized carbons (Fsp3) is 0.250. The minimum Gasteiger partial charge on any atom is -0.496 e. The number of hydrogen-bond donors (Lipinski definition) is 6. The molecule has 1 saturated heterocycles. The summed E-state index contributed by atoms with van der Waals surface area (Å²) in [6, 6.07) is 19.3. The number of anilines is 3. The van der Waals surface area contributed by atoms with Crippen LogP contribution in [0, 0.1) is 0 Å². The third-order valence-corrected chi connectivity index (χ3v) is 10.4. The molecule has 7 rings (SSSR count). The average molecular weight is 826 g/mol. The van der Waals surface area contributed by atoms with Gasteiger partial charge in [0.25, 0.3) is 23.6 Å². The van der Waals surface area contributed by atoms with Crippen molar-refractivity contribution in [3.8, 4) is 16.9 Å². The number of nitrogens with one attached hydrogen (secondary N) is 6. The normalized spacial score (nSPS) is 15.1. The number of pyridine rings is 2. The lowest BCUT2D eigenvalue weighted by atomic mass is 10.0. The molecule has 7 amide bonds. The Bertz CT molecular complexity index is 2560. The van der Waals surface area contributed by atoms with Crippen LogP contribution in [-0.4, -0.2) is 95.5 Å². The van der Waals surface area contributed by atoms with Crippen LogP contribution in [0.15, 0.2) is 85.2 Å². The van der Waals surface area contributed by atoms with Gasteiger partial charge in [-0.1, -0.05) is 30.3 Å². The van der Waals surface area contributed by atoms with Crippen LogP contribution in [0.3, 0.4) is 0 Å². The lowest BCUT2D eigenvalue weighted by Crippen LogP contribution is -2.54. The van der Waals surface area contributed by atoms with Crippen molar-refractivity contribution in [2.45, 2.75) is 44.7 Å². The summed E-state index contributed by atoms with van der Waals surface area (Å²) in [6.45, 7) is 2.26. The molecule has 17 heteroatoms. The molecule has 3 aromatic carbocycles. The molecule has 4 heterocycles. The number of hydrogen-bond acceptors (Lipinski definition) is 12. The van der Waals surface area contributed by atoms with Gasteiger partial charge in [-0.3, -0.25) is 53.7 Å². The standard InChI is InChI=1S/C44H43N9O8/c1-24(50-31-13-9-12-27-37(31)44(60)53(43(27)59)34-16-17-36(54)52-42(34)58)39(55)46-18-7-8-19-47-41(57)32-15-14-25(22-48-32)28-20-29-33(21-35(28)61-3)49-23-30(40(56)45-2)38(29)51-26-10-5-4-6-11-26/h4-6,9-15,20-24,34,50H,7-8,16-19H2,1-3H3,(H,45,56)(H,46,55)(H,47,57)(H,49,51)(H,52,54,58)/t24-,34?/m1/s1. The van der Waals surface area contributed by atoms with Crippen molar-refractivity contribution in [3.63, 3.8) is 0 Å². The number of nitrogens with zero attached hydrogens (tertiary/aromatic N) is 3. The van der Waals surface area contributed by atoms with E-state index in [2.05, 4.69) is 41.9 Å². The lowest BCUT2D eigenvalue weighted by Gasteiger charge is -2.27. The quantitative estimate of drug-likeness (QED) is 0.0652. The van der Waals surface area contributed by atoms with Gasteiger partial charge in [-0.15, -0.1) is 0 Å². The minimum atomic E-state index is -1.10. The number of piperidine rings is 1. The smallest absolute Gasteiger partial charge is 0.269 e. The maximum atomic E-state index is 13.4. The maximum absolute atomic E-state index is 13.4. The van der Waals surface area contributed by atoms with Crippen molar-refractivity contribution in [2.24, 2.45) is 0 Å². The van der Waals surface area contributed by atoms with E-state index >= 15 is 0 Å². The number of amides is 7. The minimum absolute atomic E-state index is 0.00668. The lowest BCUT2D eigenvalue weighted by molar-refractivity contribution is -0.136. The Morgan fingerprint density at radius 1 is 0.869 bits per heavy atom. The number of carbonyl (C=O) groups excluding carboxylic acids is 7. The van der Waals surface area contributed by atoms with Gasteiger partial charge in [-0.25, -0.2) is 0 Å². The molecule has 2 aromatic heterocycles. The zero-order valence-electron chi connectivity index (χ0n) is 33.6. The Hall–Kier alpha value is -7.69. The van der Waals surface area contributed by atoms with E-state index < -0.39 is 35.7 Å². The van der Waals surface area contributed by atoms with E-state index in [0.29, 0.717) is 65.0 Å². The second-order valence-corrected chi connectivity index (χ2v) is 14.4. The van der Waals surface area contributed by atoms with Gasteiger partial charge >= 0.3 is 0 Å². The summed E-state index contributed by atoms with van der Waals surface area (Å²) in [6.07, 6.45) is 4.25. The number of fused-ring (bicyclic) bond motifs is 2. The molecule has 1 fully saturated rings. The predicted molar refractivity (Wildman–Crippen MR) is 225 cm³/mol. The first kappa shape index (κ1) is 41.5. The number of aromatic nitrogens is 2. The van der Waals surface area contributed by atoms with Crippen molar-refractivity contribution in [1.29, 1.82) is 0 Å². The third kappa shape index (κ3) is 8.71. The van der Waals surface area contributed by atoms with E-state index in [-0.39, 0.29) is 53.1 Å². The van der Waals surface area contributed by atoms with Crippen molar-refractivity contribution >= 4 is 69.3 Å². The second-order valence-electron chi connectivity index (χ2n) is 14.4. The van der Waals surface area contributed by atoms with Crippen LogP contribution in [0.25, 0.3) is 22.0 Å². The van der Waals surface area contributed by atoms with Crippen molar-refractivity contribution < 1.29 is 38.3 Å². The monoisotopic (exact) mass is 825 g/mol. The number of imide groups is 2. The Morgan fingerprint density at radius 3 is 2.34 bits per heavy atom. The molecule has 2 aliphatic heterocycles. The maximum Gasteiger partial charge on any atom is 0.269 e. The molecule has 312 valence electrons. The molecule has 1 unspecified atom stereocenters. The van der Waals surface area contributed by atoms with Crippen LogP contribution in [0.4, 0.5) is 17.1 Å². The number of benzene rings is 3. The van der Waals surface area contributed by atoms with Gasteiger partial charge in [-0.05, 0) is 62.6 Å². The molecule has 17 nitrogen and oxygen atoms in total. The first-order valence-corrected chi connectivity index (χ1v) is 19.7. The van der Waals surface area contributed by atoms with Crippen molar-refractivity contribution in [2.75, 3.05) is 37.9 Å². The van der Waals surface area contributed by atoms with Gasteiger partial charge in [0, 0.05) is 72.9 Å². The highest BCUT2D eigenvalue weighted by Crippen LogP contribution is 2.38. The van der Waals surface area contributed by atoms with E-state index in [9.17, 15) is 33.6 Å². The van der Waals surface area contributed by atoms with Crippen LogP contribution < -0.4 is 36.6 Å². The second kappa shape index (κ2) is 18.1. The third-order valence-electron chi connectivity index (χ3n) is 10.4. The number of unbranched alkanes of at least 4 members (excludes halogenated alkanes) is 1. The topological polar surface area (TPSA) is 230 Å². The Morgan fingerprint density at radius 2 is 1.64 bits per heavy atom. The van der Waals surface area contributed by atoms with Gasteiger partial charge in [0.05, 0.1) is 35.0 Å². The molecular formula is C44H43N9O8. The highest BCUT2D eigenvalue weighted by molar-refractivity contribution is 6.25. The highest BCUT2D eigenvalue weighted by atomic mass is 16.5.